The molecule has 1 atom stereocenters. The first-order valence-corrected chi connectivity index (χ1v) is 6.42. The van der Waals surface area contributed by atoms with E-state index in [1.165, 1.54) is 7.11 Å². The minimum atomic E-state index is -4.20. The van der Waals surface area contributed by atoms with Gasteiger partial charge in [-0.25, -0.2) is 0 Å². The number of hydrogen-bond donors (Lipinski definition) is 2. The van der Waals surface area contributed by atoms with Crippen LogP contribution in [0.25, 0.3) is 0 Å². The van der Waals surface area contributed by atoms with E-state index in [9.17, 15) is 13.5 Å². The summed E-state index contributed by atoms with van der Waals surface area (Å²) in [6.45, 7) is -0.250. The molecule has 1 unspecified atom stereocenters. The van der Waals surface area contributed by atoms with Gasteiger partial charge in [-0.1, -0.05) is 12.1 Å². The fourth-order valence-corrected chi connectivity index (χ4v) is 1.80. The van der Waals surface area contributed by atoms with E-state index in [2.05, 4.69) is 0 Å². The van der Waals surface area contributed by atoms with Gasteiger partial charge in [-0.2, -0.15) is 8.42 Å². The van der Waals surface area contributed by atoms with Crippen molar-refractivity contribution in [2.45, 2.75) is 6.10 Å². The average Bonchev–Trinajstić information content (AvgIpc) is 2.24. The van der Waals surface area contributed by atoms with Crippen LogP contribution in [-0.2, 0) is 10.1 Å². The second-order valence-electron chi connectivity index (χ2n) is 3.36. The normalized spacial score (nSPS) is 12.4. The summed E-state index contributed by atoms with van der Waals surface area (Å²) in [6.07, 6.45) is -1.30. The first-order chi connectivity index (χ1) is 7.92. The molecule has 1 radical (unpaired) electrons. The number of aliphatic hydroxyl groups excluding tert-OH is 1. The summed E-state index contributed by atoms with van der Waals surface area (Å²) in [7, 11) is -2.74. The monoisotopic (exact) mass is 285 g/mol. The van der Waals surface area contributed by atoms with Crippen LogP contribution in [-0.4, -0.2) is 73.2 Å². The van der Waals surface area contributed by atoms with Gasteiger partial charge in [0.05, 0.1) is 7.11 Å². The minimum Gasteiger partial charge on any atom is -0.493 e. The van der Waals surface area contributed by atoms with Crippen molar-refractivity contribution in [3.05, 3.63) is 24.3 Å². The van der Waals surface area contributed by atoms with Crippen molar-refractivity contribution in [2.24, 2.45) is 0 Å². The Hall–Kier alpha value is -0.310. The molecule has 0 heterocycles. The number of rotatable bonds is 6. The molecule has 6 nitrogen and oxygen atoms in total. The predicted octanol–water partition coefficient (Wildman–Crippen LogP) is -0.0581. The van der Waals surface area contributed by atoms with Crippen LogP contribution in [0.4, 0.5) is 0 Å². The standard InChI is InChI=1S/C10H14O6S.Na/c1-15-9-4-2-3-5-10(9)16-6-8(11)7-17(12,13)14;/h2-5,8,11H,6-7H2,1H3,(H,12,13,14);. The van der Waals surface area contributed by atoms with E-state index >= 15 is 0 Å². The smallest absolute Gasteiger partial charge is 0.267 e. The van der Waals surface area contributed by atoms with Crippen molar-refractivity contribution in [1.82, 2.24) is 0 Å². The summed E-state index contributed by atoms with van der Waals surface area (Å²) in [5.41, 5.74) is 0. The van der Waals surface area contributed by atoms with Crippen molar-refractivity contribution >= 4 is 39.7 Å². The Balaban J connectivity index is 0.00000289. The van der Waals surface area contributed by atoms with Crippen molar-refractivity contribution in [1.29, 1.82) is 0 Å². The van der Waals surface area contributed by atoms with E-state index < -0.39 is 22.0 Å². The molecule has 0 amide bonds. The molecule has 0 fully saturated rings. The third kappa shape index (κ3) is 6.58. The second-order valence-corrected chi connectivity index (χ2v) is 4.86. The molecule has 0 saturated heterocycles. The molecule has 2 N–H and O–H groups in total. The molecular formula is C10H14NaO6S. The van der Waals surface area contributed by atoms with Gasteiger partial charge in [0.15, 0.2) is 11.5 Å². The molecule has 0 aromatic heterocycles. The number of benzene rings is 1. The van der Waals surface area contributed by atoms with Crippen LogP contribution < -0.4 is 9.47 Å². The molecule has 0 saturated carbocycles. The van der Waals surface area contributed by atoms with E-state index in [0.29, 0.717) is 11.5 Å². The van der Waals surface area contributed by atoms with Crippen LogP contribution in [0, 0.1) is 0 Å². The Kier molecular flexibility index (Phi) is 7.84. The molecule has 0 aliphatic carbocycles. The Morgan fingerprint density at radius 3 is 2.33 bits per heavy atom. The summed E-state index contributed by atoms with van der Waals surface area (Å²) in [5.74, 6) is 0.109. The van der Waals surface area contributed by atoms with Gasteiger partial charge in [-0.3, -0.25) is 4.55 Å². The third-order valence-corrected chi connectivity index (χ3v) is 2.71. The van der Waals surface area contributed by atoms with Crippen molar-refractivity contribution in [3.63, 3.8) is 0 Å². The molecule has 0 aliphatic rings. The van der Waals surface area contributed by atoms with Crippen LogP contribution in [0.3, 0.4) is 0 Å². The SMILES string of the molecule is COc1ccccc1OCC(O)CS(=O)(=O)O.[Na]. The average molecular weight is 285 g/mol. The van der Waals surface area contributed by atoms with Gasteiger partial charge in [0, 0.05) is 29.6 Å². The summed E-state index contributed by atoms with van der Waals surface area (Å²) in [5, 5.41) is 9.30. The van der Waals surface area contributed by atoms with Gasteiger partial charge in [-0.05, 0) is 12.1 Å². The quantitative estimate of drug-likeness (QED) is 0.562. The molecule has 1 aromatic carbocycles. The van der Waals surface area contributed by atoms with Gasteiger partial charge in [-0.15, -0.1) is 0 Å². The zero-order valence-electron chi connectivity index (χ0n) is 10.2. The molecule has 18 heavy (non-hydrogen) atoms. The van der Waals surface area contributed by atoms with Crippen LogP contribution in [0.1, 0.15) is 0 Å². The first kappa shape index (κ1) is 17.7. The molecule has 0 bridgehead atoms. The summed E-state index contributed by atoms with van der Waals surface area (Å²) in [4.78, 5) is 0. The van der Waals surface area contributed by atoms with Crippen molar-refractivity contribution < 1.29 is 27.6 Å². The van der Waals surface area contributed by atoms with Crippen LogP contribution >= 0.6 is 0 Å². The topological polar surface area (TPSA) is 93.1 Å². The summed E-state index contributed by atoms with van der Waals surface area (Å²) in [6, 6.07) is 6.76. The maximum Gasteiger partial charge on any atom is 0.267 e. The maximum absolute atomic E-state index is 10.5. The number of methoxy groups -OCH3 is 1. The van der Waals surface area contributed by atoms with Crippen molar-refractivity contribution in [2.75, 3.05) is 19.5 Å². The Morgan fingerprint density at radius 1 is 1.28 bits per heavy atom. The molecule has 0 spiro atoms. The summed E-state index contributed by atoms with van der Waals surface area (Å²) < 4.78 is 39.7. The molecule has 8 heteroatoms. The van der Waals surface area contributed by atoms with Gasteiger partial charge in [0.25, 0.3) is 10.1 Å². The molecule has 97 valence electrons. The first-order valence-electron chi connectivity index (χ1n) is 4.81. The number of hydrogen-bond acceptors (Lipinski definition) is 5. The van der Waals surface area contributed by atoms with Crippen LogP contribution in [0.15, 0.2) is 24.3 Å². The zero-order chi connectivity index (χ0) is 12.9. The number of aliphatic hydroxyl groups is 1. The molecule has 1 rings (SSSR count). The van der Waals surface area contributed by atoms with Crippen LogP contribution in [0.5, 0.6) is 11.5 Å². The van der Waals surface area contributed by atoms with Gasteiger partial charge in [0.2, 0.25) is 0 Å². The Bertz CT molecular complexity index is 461. The van der Waals surface area contributed by atoms with Crippen LogP contribution in [0.2, 0.25) is 0 Å². The molecule has 0 aliphatic heterocycles. The Labute approximate surface area is 128 Å². The molecule has 1 aromatic rings. The second kappa shape index (κ2) is 7.98. The third-order valence-electron chi connectivity index (χ3n) is 1.90. The largest absolute Gasteiger partial charge is 0.493 e. The zero-order valence-corrected chi connectivity index (χ0v) is 13.1. The Morgan fingerprint density at radius 2 is 1.83 bits per heavy atom. The number of ether oxygens (including phenoxy) is 2. The van der Waals surface area contributed by atoms with Crippen molar-refractivity contribution in [3.8, 4) is 11.5 Å². The number of para-hydroxylation sites is 2. The fourth-order valence-electron chi connectivity index (χ4n) is 1.22. The van der Waals surface area contributed by atoms with E-state index in [1.54, 1.807) is 24.3 Å². The van der Waals surface area contributed by atoms with Gasteiger partial charge in [0.1, 0.15) is 18.5 Å². The van der Waals surface area contributed by atoms with E-state index in [4.69, 9.17) is 14.0 Å². The van der Waals surface area contributed by atoms with Gasteiger partial charge >= 0.3 is 0 Å². The van der Waals surface area contributed by atoms with E-state index in [0.717, 1.165) is 0 Å². The minimum absolute atomic E-state index is 0. The summed E-state index contributed by atoms with van der Waals surface area (Å²) >= 11 is 0. The maximum atomic E-state index is 10.5. The fraction of sp³-hybridized carbons (Fsp3) is 0.400. The predicted molar refractivity (Wildman–Crippen MR) is 66.7 cm³/mol. The van der Waals surface area contributed by atoms with E-state index in [-0.39, 0.29) is 36.2 Å². The van der Waals surface area contributed by atoms with Gasteiger partial charge < -0.3 is 14.6 Å². The molecular weight excluding hydrogens is 271 g/mol. The van der Waals surface area contributed by atoms with E-state index in [1.807, 2.05) is 0 Å².